The number of hydrogen-bond donors (Lipinski definition) is 0. The molecule has 132 valence electrons. The van der Waals surface area contributed by atoms with Gasteiger partial charge in [0.2, 0.25) is 0 Å². The number of hydrogen-bond acceptors (Lipinski definition) is 4. The zero-order chi connectivity index (χ0) is 17.6. The van der Waals surface area contributed by atoms with E-state index >= 15 is 0 Å². The van der Waals surface area contributed by atoms with E-state index in [4.69, 9.17) is 9.47 Å². The molecule has 1 aromatic rings. The number of benzene rings is 1. The molecule has 0 amide bonds. The molecule has 1 aromatic carbocycles. The van der Waals surface area contributed by atoms with Crippen molar-refractivity contribution in [2.45, 2.75) is 65.6 Å². The van der Waals surface area contributed by atoms with Crippen molar-refractivity contribution in [3.05, 3.63) is 35.9 Å². The van der Waals surface area contributed by atoms with E-state index in [9.17, 15) is 9.59 Å². The second-order valence-corrected chi connectivity index (χ2v) is 6.58. The van der Waals surface area contributed by atoms with Crippen LogP contribution in [0.25, 0.3) is 0 Å². The summed E-state index contributed by atoms with van der Waals surface area (Å²) in [4.78, 5) is 25.3. The maximum absolute atomic E-state index is 12.7. The number of carbonyl (C=O) groups excluding carboxylic acids is 2. The topological polar surface area (TPSA) is 52.6 Å². The Kier molecular flexibility index (Phi) is 6.41. The molecular formula is C20H28O4. The van der Waals surface area contributed by atoms with E-state index in [1.807, 2.05) is 32.0 Å². The van der Waals surface area contributed by atoms with Crippen LogP contribution in [0.3, 0.4) is 0 Å². The maximum Gasteiger partial charge on any atom is 0.324 e. The van der Waals surface area contributed by atoms with Gasteiger partial charge in [0, 0.05) is 5.56 Å². The molecule has 0 radical (unpaired) electrons. The third-order valence-corrected chi connectivity index (χ3v) is 5.29. The highest BCUT2D eigenvalue weighted by atomic mass is 16.7. The lowest BCUT2D eigenvalue weighted by atomic mass is 9.67. The standard InChI is InChI=1S/C20H28O4/c1-4-7-11-14-20(5-2,6-3)16-17(21)23-19(24-18(16)22)15-12-9-8-10-13-15/h8-10,12-13,16,19H,4-7,11,14H2,1-3H3. The van der Waals surface area contributed by atoms with Gasteiger partial charge in [-0.2, -0.15) is 0 Å². The quantitative estimate of drug-likeness (QED) is 0.390. The van der Waals surface area contributed by atoms with Gasteiger partial charge >= 0.3 is 11.9 Å². The summed E-state index contributed by atoms with van der Waals surface area (Å²) in [5.41, 5.74) is 0.313. The number of unbranched alkanes of at least 4 members (excludes halogenated alkanes) is 2. The van der Waals surface area contributed by atoms with Crippen LogP contribution in [-0.4, -0.2) is 11.9 Å². The molecule has 1 aliphatic rings. The Labute approximate surface area is 144 Å². The van der Waals surface area contributed by atoms with Crippen molar-refractivity contribution < 1.29 is 19.1 Å². The predicted octanol–water partition coefficient (Wildman–Crippen LogP) is 4.79. The smallest absolute Gasteiger partial charge is 0.324 e. The summed E-state index contributed by atoms with van der Waals surface area (Å²) < 4.78 is 11.0. The zero-order valence-electron chi connectivity index (χ0n) is 14.9. The first-order valence-electron chi connectivity index (χ1n) is 9.04. The van der Waals surface area contributed by atoms with Gasteiger partial charge in [-0.1, -0.05) is 70.4 Å². The van der Waals surface area contributed by atoms with Gasteiger partial charge in [-0.15, -0.1) is 0 Å². The minimum Gasteiger partial charge on any atom is -0.420 e. The fraction of sp³-hybridized carbons (Fsp3) is 0.600. The van der Waals surface area contributed by atoms with E-state index in [0.717, 1.165) is 38.5 Å². The average Bonchev–Trinajstić information content (AvgIpc) is 2.60. The summed E-state index contributed by atoms with van der Waals surface area (Å²) in [6, 6.07) is 9.11. The molecular weight excluding hydrogens is 304 g/mol. The van der Waals surface area contributed by atoms with E-state index in [1.165, 1.54) is 0 Å². The summed E-state index contributed by atoms with van der Waals surface area (Å²) in [6.45, 7) is 6.23. The van der Waals surface area contributed by atoms with Crippen LogP contribution in [0, 0.1) is 11.3 Å². The summed E-state index contributed by atoms with van der Waals surface area (Å²) in [5, 5.41) is 0. The molecule has 0 saturated carbocycles. The van der Waals surface area contributed by atoms with Crippen LogP contribution in [0.15, 0.2) is 30.3 Å². The molecule has 2 rings (SSSR count). The zero-order valence-corrected chi connectivity index (χ0v) is 14.9. The fourth-order valence-electron chi connectivity index (χ4n) is 3.60. The minimum atomic E-state index is -0.926. The van der Waals surface area contributed by atoms with E-state index in [-0.39, 0.29) is 5.41 Å². The molecule has 1 fully saturated rings. The Hall–Kier alpha value is -1.84. The molecule has 0 atom stereocenters. The number of cyclic esters (lactones) is 2. The van der Waals surface area contributed by atoms with Gasteiger partial charge in [-0.05, 0) is 24.7 Å². The lowest BCUT2D eigenvalue weighted by Crippen LogP contribution is -2.47. The summed E-state index contributed by atoms with van der Waals surface area (Å²) >= 11 is 0. The van der Waals surface area contributed by atoms with Crippen molar-refractivity contribution in [2.24, 2.45) is 11.3 Å². The molecule has 1 aliphatic heterocycles. The Morgan fingerprint density at radius 3 is 2.00 bits per heavy atom. The number of ether oxygens (including phenoxy) is 2. The van der Waals surface area contributed by atoms with Crippen LogP contribution >= 0.6 is 0 Å². The molecule has 0 aromatic heterocycles. The van der Waals surface area contributed by atoms with Crippen molar-refractivity contribution in [3.63, 3.8) is 0 Å². The van der Waals surface area contributed by atoms with Crippen LogP contribution in [0.5, 0.6) is 0 Å². The summed E-state index contributed by atoms with van der Waals surface area (Å²) in [7, 11) is 0. The van der Waals surface area contributed by atoms with Gasteiger partial charge in [0.1, 0.15) is 0 Å². The van der Waals surface area contributed by atoms with Crippen molar-refractivity contribution in [3.8, 4) is 0 Å². The average molecular weight is 332 g/mol. The maximum atomic E-state index is 12.7. The van der Waals surface area contributed by atoms with E-state index in [2.05, 4.69) is 6.92 Å². The van der Waals surface area contributed by atoms with Crippen LogP contribution < -0.4 is 0 Å². The van der Waals surface area contributed by atoms with Crippen LogP contribution in [0.4, 0.5) is 0 Å². The Morgan fingerprint density at radius 2 is 1.50 bits per heavy atom. The summed E-state index contributed by atoms with van der Waals surface area (Å²) in [6.07, 6.45) is 4.67. The molecule has 4 nitrogen and oxygen atoms in total. The van der Waals surface area contributed by atoms with Gasteiger partial charge in [0.05, 0.1) is 0 Å². The first kappa shape index (κ1) is 18.5. The van der Waals surface area contributed by atoms with Gasteiger partial charge in [0.25, 0.3) is 6.29 Å². The third-order valence-electron chi connectivity index (χ3n) is 5.29. The highest BCUT2D eigenvalue weighted by Gasteiger charge is 2.51. The van der Waals surface area contributed by atoms with Crippen LogP contribution in [0.1, 0.15) is 71.1 Å². The largest absolute Gasteiger partial charge is 0.420 e. The molecule has 1 saturated heterocycles. The van der Waals surface area contributed by atoms with Crippen molar-refractivity contribution in [1.29, 1.82) is 0 Å². The predicted molar refractivity (Wildman–Crippen MR) is 92.0 cm³/mol. The van der Waals surface area contributed by atoms with Gasteiger partial charge in [0.15, 0.2) is 5.92 Å². The molecule has 0 aliphatic carbocycles. The molecule has 4 heteroatoms. The Balaban J connectivity index is 2.18. The van der Waals surface area contributed by atoms with E-state index < -0.39 is 24.1 Å². The minimum absolute atomic E-state index is 0.370. The van der Waals surface area contributed by atoms with E-state index in [0.29, 0.717) is 5.56 Å². The number of carbonyl (C=O) groups is 2. The van der Waals surface area contributed by atoms with Crippen LogP contribution in [-0.2, 0) is 19.1 Å². The second kappa shape index (κ2) is 8.32. The number of esters is 2. The summed E-state index contributed by atoms with van der Waals surface area (Å²) in [5.74, 6) is -1.70. The third kappa shape index (κ3) is 3.80. The van der Waals surface area contributed by atoms with Crippen molar-refractivity contribution >= 4 is 11.9 Å². The van der Waals surface area contributed by atoms with Crippen LogP contribution in [0.2, 0.25) is 0 Å². The van der Waals surface area contributed by atoms with Crippen molar-refractivity contribution in [1.82, 2.24) is 0 Å². The monoisotopic (exact) mass is 332 g/mol. The molecule has 0 unspecified atom stereocenters. The fourth-order valence-corrected chi connectivity index (χ4v) is 3.60. The normalized spacial score (nSPS) is 21.3. The van der Waals surface area contributed by atoms with Gasteiger partial charge in [-0.25, -0.2) is 0 Å². The molecule has 0 spiro atoms. The van der Waals surface area contributed by atoms with Crippen molar-refractivity contribution in [2.75, 3.05) is 0 Å². The molecule has 0 bridgehead atoms. The van der Waals surface area contributed by atoms with Gasteiger partial charge < -0.3 is 9.47 Å². The lowest BCUT2D eigenvalue weighted by Gasteiger charge is -2.40. The molecule has 0 N–H and O–H groups in total. The second-order valence-electron chi connectivity index (χ2n) is 6.58. The Morgan fingerprint density at radius 1 is 0.917 bits per heavy atom. The first-order valence-corrected chi connectivity index (χ1v) is 9.04. The highest BCUT2D eigenvalue weighted by molar-refractivity contribution is 5.97. The molecule has 1 heterocycles. The van der Waals surface area contributed by atoms with E-state index in [1.54, 1.807) is 12.1 Å². The highest BCUT2D eigenvalue weighted by Crippen LogP contribution is 2.45. The number of rotatable bonds is 8. The first-order chi connectivity index (χ1) is 11.6. The lowest BCUT2D eigenvalue weighted by molar-refractivity contribution is -0.222. The molecule has 24 heavy (non-hydrogen) atoms. The SMILES string of the molecule is CCCCCC(CC)(CC)C1C(=O)OC(c2ccccc2)OC1=O. The van der Waals surface area contributed by atoms with Gasteiger partial charge in [-0.3, -0.25) is 9.59 Å². The Bertz CT molecular complexity index is 530.